The number of amides is 1. The molecule has 1 aromatic rings. The van der Waals surface area contributed by atoms with Gasteiger partial charge >= 0.3 is 0 Å². The molecule has 1 aromatic carbocycles. The van der Waals surface area contributed by atoms with E-state index in [-0.39, 0.29) is 11.9 Å². The predicted molar refractivity (Wildman–Crippen MR) is 78.3 cm³/mol. The van der Waals surface area contributed by atoms with Crippen LogP contribution in [0.25, 0.3) is 0 Å². The molecule has 0 aliphatic carbocycles. The minimum atomic E-state index is -0.538. The highest BCUT2D eigenvalue weighted by Gasteiger charge is 2.17. The zero-order chi connectivity index (χ0) is 14.3. The monoisotopic (exact) mass is 329 g/mol. The van der Waals surface area contributed by atoms with Crippen molar-refractivity contribution in [3.8, 4) is 5.75 Å². The number of benzene rings is 1. The second-order valence-corrected chi connectivity index (χ2v) is 5.24. The molecular formula is C14H20BrNO3. The number of hydrogen-bond acceptors (Lipinski definition) is 3. The second-order valence-electron chi connectivity index (χ2n) is 4.38. The summed E-state index contributed by atoms with van der Waals surface area (Å²) in [6, 6.07) is 7.53. The average Bonchev–Trinajstić information content (AvgIpc) is 2.38. The molecule has 4 nitrogen and oxygen atoms in total. The number of carbonyl (C=O) groups excluding carboxylic acids is 1. The van der Waals surface area contributed by atoms with Crippen molar-refractivity contribution in [2.24, 2.45) is 0 Å². The average molecular weight is 330 g/mol. The number of halogens is 1. The molecule has 0 radical (unpaired) electrons. The van der Waals surface area contributed by atoms with E-state index in [9.17, 15) is 4.79 Å². The van der Waals surface area contributed by atoms with Crippen LogP contribution < -0.4 is 10.1 Å². The molecule has 5 heteroatoms. The molecule has 0 fully saturated rings. The molecule has 0 heterocycles. The van der Waals surface area contributed by atoms with Gasteiger partial charge in [-0.2, -0.15) is 0 Å². The minimum absolute atomic E-state index is 0.0673. The Hall–Kier alpha value is -1.07. The van der Waals surface area contributed by atoms with Gasteiger partial charge in [-0.05, 0) is 48.3 Å². The number of rotatable bonds is 7. The molecule has 0 aliphatic heterocycles. The summed E-state index contributed by atoms with van der Waals surface area (Å²) in [4.78, 5) is 11.9. The van der Waals surface area contributed by atoms with Gasteiger partial charge in [-0.1, -0.05) is 12.1 Å². The number of para-hydroxylation sites is 1. The molecule has 0 bridgehead atoms. The van der Waals surface area contributed by atoms with Gasteiger partial charge < -0.3 is 14.8 Å². The zero-order valence-corrected chi connectivity index (χ0v) is 13.1. The SMILES string of the molecule is COCC[C@H](C)NC(=O)[C@H](C)Oc1ccccc1Br. The van der Waals surface area contributed by atoms with Crippen LogP contribution in [0.15, 0.2) is 28.7 Å². The van der Waals surface area contributed by atoms with Crippen LogP contribution in [-0.2, 0) is 9.53 Å². The highest BCUT2D eigenvalue weighted by molar-refractivity contribution is 9.10. The van der Waals surface area contributed by atoms with E-state index in [2.05, 4.69) is 21.2 Å². The third-order valence-corrected chi connectivity index (χ3v) is 3.31. The third kappa shape index (κ3) is 5.61. The van der Waals surface area contributed by atoms with Gasteiger partial charge in [-0.3, -0.25) is 4.79 Å². The fraction of sp³-hybridized carbons (Fsp3) is 0.500. The van der Waals surface area contributed by atoms with Crippen molar-refractivity contribution in [3.63, 3.8) is 0 Å². The number of hydrogen-bond donors (Lipinski definition) is 1. The minimum Gasteiger partial charge on any atom is -0.480 e. The Morgan fingerprint density at radius 1 is 1.37 bits per heavy atom. The number of nitrogens with one attached hydrogen (secondary N) is 1. The first-order chi connectivity index (χ1) is 9.04. The van der Waals surface area contributed by atoms with E-state index < -0.39 is 6.10 Å². The van der Waals surface area contributed by atoms with Crippen molar-refractivity contribution in [1.82, 2.24) is 5.32 Å². The molecule has 0 saturated carbocycles. The third-order valence-electron chi connectivity index (χ3n) is 2.65. The Bertz CT molecular complexity index is 411. The smallest absolute Gasteiger partial charge is 0.260 e. The van der Waals surface area contributed by atoms with Gasteiger partial charge in [0.15, 0.2) is 6.10 Å². The summed E-state index contributed by atoms with van der Waals surface area (Å²) in [5.74, 6) is 0.536. The Morgan fingerprint density at radius 2 is 2.05 bits per heavy atom. The highest BCUT2D eigenvalue weighted by atomic mass is 79.9. The van der Waals surface area contributed by atoms with E-state index in [0.29, 0.717) is 12.4 Å². The van der Waals surface area contributed by atoms with E-state index in [1.165, 1.54) is 0 Å². The summed E-state index contributed by atoms with van der Waals surface area (Å²) in [5.41, 5.74) is 0. The maximum Gasteiger partial charge on any atom is 0.260 e. The van der Waals surface area contributed by atoms with Crippen molar-refractivity contribution >= 4 is 21.8 Å². The Kier molecular flexibility index (Phi) is 6.87. The molecule has 0 spiro atoms. The van der Waals surface area contributed by atoms with Gasteiger partial charge in [0.25, 0.3) is 5.91 Å². The Labute approximate surface area is 122 Å². The van der Waals surface area contributed by atoms with Crippen molar-refractivity contribution in [2.75, 3.05) is 13.7 Å². The van der Waals surface area contributed by atoms with Gasteiger partial charge in [-0.25, -0.2) is 0 Å². The molecular weight excluding hydrogens is 310 g/mol. The van der Waals surface area contributed by atoms with Crippen molar-refractivity contribution < 1.29 is 14.3 Å². The molecule has 0 aromatic heterocycles. The van der Waals surface area contributed by atoms with Crippen LogP contribution in [0, 0.1) is 0 Å². The summed E-state index contributed by atoms with van der Waals surface area (Å²) in [6.07, 6.45) is 0.243. The lowest BCUT2D eigenvalue weighted by Gasteiger charge is -2.19. The van der Waals surface area contributed by atoms with E-state index in [0.717, 1.165) is 10.9 Å². The summed E-state index contributed by atoms with van der Waals surface area (Å²) in [6.45, 7) is 4.31. The van der Waals surface area contributed by atoms with Gasteiger partial charge in [0.05, 0.1) is 4.47 Å². The fourth-order valence-corrected chi connectivity index (χ4v) is 1.89. The van der Waals surface area contributed by atoms with Crippen LogP contribution in [0.5, 0.6) is 5.75 Å². The van der Waals surface area contributed by atoms with E-state index in [4.69, 9.17) is 9.47 Å². The van der Waals surface area contributed by atoms with Crippen LogP contribution in [-0.4, -0.2) is 31.8 Å². The summed E-state index contributed by atoms with van der Waals surface area (Å²) < 4.78 is 11.4. The van der Waals surface area contributed by atoms with Crippen LogP contribution >= 0.6 is 15.9 Å². The maximum atomic E-state index is 11.9. The first-order valence-corrected chi connectivity index (χ1v) is 7.04. The topological polar surface area (TPSA) is 47.6 Å². The molecule has 1 amide bonds. The standard InChI is InChI=1S/C14H20BrNO3/c1-10(8-9-18-3)16-14(17)11(2)19-13-7-5-4-6-12(13)15/h4-7,10-11H,8-9H2,1-3H3,(H,16,17)/t10-,11-/m0/s1. The first-order valence-electron chi connectivity index (χ1n) is 6.25. The van der Waals surface area contributed by atoms with E-state index >= 15 is 0 Å². The molecule has 2 atom stereocenters. The second kappa shape index (κ2) is 8.17. The van der Waals surface area contributed by atoms with Gasteiger partial charge in [0, 0.05) is 19.8 Å². The van der Waals surface area contributed by atoms with Crippen LogP contribution in [0.3, 0.4) is 0 Å². The van der Waals surface area contributed by atoms with Gasteiger partial charge in [0.2, 0.25) is 0 Å². The Morgan fingerprint density at radius 3 is 2.68 bits per heavy atom. The van der Waals surface area contributed by atoms with Crippen LogP contribution in [0.4, 0.5) is 0 Å². The number of methoxy groups -OCH3 is 1. The van der Waals surface area contributed by atoms with Crippen LogP contribution in [0.2, 0.25) is 0 Å². The first kappa shape index (κ1) is 16.0. The number of carbonyl (C=O) groups is 1. The normalized spacial score (nSPS) is 13.7. The molecule has 1 N–H and O–H groups in total. The van der Waals surface area contributed by atoms with E-state index in [1.54, 1.807) is 14.0 Å². The Balaban J connectivity index is 2.47. The molecule has 0 saturated heterocycles. The lowest BCUT2D eigenvalue weighted by atomic mass is 10.2. The zero-order valence-electron chi connectivity index (χ0n) is 11.5. The van der Waals surface area contributed by atoms with Crippen LogP contribution in [0.1, 0.15) is 20.3 Å². The molecule has 0 aliphatic rings. The quantitative estimate of drug-likeness (QED) is 0.836. The molecule has 106 valence electrons. The summed E-state index contributed by atoms with van der Waals surface area (Å²) in [7, 11) is 1.65. The molecule has 19 heavy (non-hydrogen) atoms. The lowest BCUT2D eigenvalue weighted by molar-refractivity contribution is -0.128. The summed E-state index contributed by atoms with van der Waals surface area (Å²) >= 11 is 3.39. The molecule has 0 unspecified atom stereocenters. The predicted octanol–water partition coefficient (Wildman–Crippen LogP) is 2.76. The fourth-order valence-electron chi connectivity index (χ4n) is 1.51. The highest BCUT2D eigenvalue weighted by Crippen LogP contribution is 2.24. The largest absolute Gasteiger partial charge is 0.480 e. The van der Waals surface area contributed by atoms with Crippen molar-refractivity contribution in [3.05, 3.63) is 28.7 Å². The summed E-state index contributed by atoms with van der Waals surface area (Å²) in [5, 5.41) is 2.89. The van der Waals surface area contributed by atoms with Gasteiger partial charge in [0.1, 0.15) is 5.75 Å². The lowest BCUT2D eigenvalue weighted by Crippen LogP contribution is -2.41. The van der Waals surface area contributed by atoms with E-state index in [1.807, 2.05) is 31.2 Å². The molecule has 1 rings (SSSR count). The maximum absolute atomic E-state index is 11.9. The van der Waals surface area contributed by atoms with Crippen molar-refractivity contribution in [1.29, 1.82) is 0 Å². The number of ether oxygens (including phenoxy) is 2. The van der Waals surface area contributed by atoms with Gasteiger partial charge in [-0.15, -0.1) is 0 Å². The van der Waals surface area contributed by atoms with Crippen molar-refractivity contribution in [2.45, 2.75) is 32.4 Å².